The molecule has 2 amide bonds. The van der Waals surface area contributed by atoms with E-state index in [0.717, 1.165) is 0 Å². The van der Waals surface area contributed by atoms with Gasteiger partial charge in [-0.1, -0.05) is 65.1 Å². The topological polar surface area (TPSA) is 115 Å². The lowest BCUT2D eigenvalue weighted by molar-refractivity contribution is -0.153. The Morgan fingerprint density at radius 3 is 2.43 bits per heavy atom. The molecule has 1 aromatic heterocycles. The number of benzene rings is 1. The molecule has 4 rings (SSSR count). The zero-order chi connectivity index (χ0) is 26.7. The number of amides is 2. The fourth-order valence-corrected chi connectivity index (χ4v) is 5.23. The molecular formula is C24H20Cl3N3O6S. The highest BCUT2D eigenvalue weighted by Crippen LogP contribution is 2.41. The van der Waals surface area contributed by atoms with Gasteiger partial charge in [-0.05, 0) is 25.1 Å². The Morgan fingerprint density at radius 1 is 1.11 bits per heavy atom. The molecule has 194 valence electrons. The Balaban J connectivity index is 1.49. The highest BCUT2D eigenvalue weighted by molar-refractivity contribution is 8.00. The molecule has 2 aliphatic heterocycles. The smallest absolute Gasteiger partial charge is 0.354 e. The van der Waals surface area contributed by atoms with Gasteiger partial charge in [-0.25, -0.2) is 9.59 Å². The van der Waals surface area contributed by atoms with Crippen LogP contribution in [0.2, 0.25) is 0 Å². The van der Waals surface area contributed by atoms with Crippen molar-refractivity contribution in [2.24, 2.45) is 0 Å². The van der Waals surface area contributed by atoms with Gasteiger partial charge >= 0.3 is 11.9 Å². The van der Waals surface area contributed by atoms with E-state index in [1.54, 1.807) is 36.4 Å². The van der Waals surface area contributed by atoms with E-state index in [9.17, 15) is 19.2 Å². The van der Waals surface area contributed by atoms with Gasteiger partial charge in [0.25, 0.3) is 11.8 Å². The van der Waals surface area contributed by atoms with Gasteiger partial charge in [0.05, 0.1) is 5.56 Å². The van der Waals surface area contributed by atoms with Crippen molar-refractivity contribution in [2.45, 2.75) is 33.5 Å². The van der Waals surface area contributed by atoms with Crippen molar-refractivity contribution < 1.29 is 28.7 Å². The number of thioether (sulfide) groups is 1. The van der Waals surface area contributed by atoms with Crippen LogP contribution in [-0.4, -0.2) is 60.7 Å². The average Bonchev–Trinajstić information content (AvgIpc) is 2.88. The first-order valence-electron chi connectivity index (χ1n) is 11.0. The van der Waals surface area contributed by atoms with E-state index in [2.05, 4.69) is 10.3 Å². The number of fused-ring (bicyclic) bond motifs is 1. The third-order valence-corrected chi connectivity index (χ3v) is 7.06. The predicted octanol–water partition coefficient (Wildman–Crippen LogP) is 3.57. The molecule has 3 heterocycles. The minimum Gasteiger partial charge on any atom is -0.456 e. The summed E-state index contributed by atoms with van der Waals surface area (Å²) in [7, 11) is 0. The molecule has 1 fully saturated rings. The SMILES string of the molecule is CC1C=C(C(=O)OCC(Cl)(Cl)Cl)N2C(=O)C(NC(=O)C(OC(=O)c3ccncc3)c3ccccc3)[C@@H]2S1. The maximum Gasteiger partial charge on any atom is 0.354 e. The fraction of sp³-hybridized carbons (Fsp3) is 0.292. The summed E-state index contributed by atoms with van der Waals surface area (Å²) in [6.45, 7) is 1.33. The number of pyridine rings is 1. The number of nitrogens with one attached hydrogen (secondary N) is 1. The average molecular weight is 585 g/mol. The van der Waals surface area contributed by atoms with E-state index in [4.69, 9.17) is 44.3 Å². The van der Waals surface area contributed by atoms with Crippen LogP contribution in [0.4, 0.5) is 0 Å². The van der Waals surface area contributed by atoms with Crippen LogP contribution in [0.1, 0.15) is 28.9 Å². The Bertz CT molecular complexity index is 1230. The quantitative estimate of drug-likeness (QED) is 0.299. The highest BCUT2D eigenvalue weighted by Gasteiger charge is 2.54. The second-order valence-electron chi connectivity index (χ2n) is 8.10. The van der Waals surface area contributed by atoms with E-state index in [1.807, 2.05) is 6.92 Å². The Hall–Kier alpha value is -2.79. The van der Waals surface area contributed by atoms with Gasteiger partial charge in [0.2, 0.25) is 9.90 Å². The molecule has 3 unspecified atom stereocenters. The Morgan fingerprint density at radius 2 is 1.78 bits per heavy atom. The largest absolute Gasteiger partial charge is 0.456 e. The van der Waals surface area contributed by atoms with Gasteiger partial charge < -0.3 is 14.8 Å². The lowest BCUT2D eigenvalue weighted by Crippen LogP contribution is -2.71. The number of nitrogens with zero attached hydrogens (tertiary/aromatic N) is 2. The zero-order valence-corrected chi connectivity index (χ0v) is 22.3. The van der Waals surface area contributed by atoms with Crippen molar-refractivity contribution in [3.63, 3.8) is 0 Å². The van der Waals surface area contributed by atoms with Crippen LogP contribution in [0.25, 0.3) is 0 Å². The molecule has 4 atom stereocenters. The van der Waals surface area contributed by atoms with Gasteiger partial charge in [-0.3, -0.25) is 19.5 Å². The summed E-state index contributed by atoms with van der Waals surface area (Å²) in [5, 5.41) is 1.91. The van der Waals surface area contributed by atoms with Crippen LogP contribution >= 0.6 is 46.6 Å². The summed E-state index contributed by atoms with van der Waals surface area (Å²) in [4.78, 5) is 56.7. The number of halogens is 3. The lowest BCUT2D eigenvalue weighted by atomic mass is 10.0. The molecular weight excluding hydrogens is 565 g/mol. The third-order valence-electron chi connectivity index (χ3n) is 5.40. The Kier molecular flexibility index (Phi) is 8.33. The van der Waals surface area contributed by atoms with Crippen molar-refractivity contribution in [1.29, 1.82) is 0 Å². The van der Waals surface area contributed by atoms with Gasteiger partial charge in [0, 0.05) is 23.2 Å². The molecule has 0 spiro atoms. The second kappa shape index (κ2) is 11.3. The number of rotatable bonds is 7. The molecule has 13 heteroatoms. The number of alkyl halides is 3. The van der Waals surface area contributed by atoms with Crippen LogP contribution in [0.5, 0.6) is 0 Å². The maximum atomic E-state index is 13.3. The first-order chi connectivity index (χ1) is 17.5. The normalized spacial score (nSPS) is 21.6. The van der Waals surface area contributed by atoms with Crippen molar-refractivity contribution in [1.82, 2.24) is 15.2 Å². The summed E-state index contributed by atoms with van der Waals surface area (Å²) in [5.74, 6) is -2.76. The number of aromatic nitrogens is 1. The zero-order valence-electron chi connectivity index (χ0n) is 19.2. The Labute approximate surface area is 231 Å². The molecule has 37 heavy (non-hydrogen) atoms. The molecule has 0 bridgehead atoms. The first-order valence-corrected chi connectivity index (χ1v) is 13.0. The van der Waals surface area contributed by atoms with E-state index < -0.39 is 51.7 Å². The van der Waals surface area contributed by atoms with Crippen LogP contribution in [0, 0.1) is 0 Å². The molecule has 0 radical (unpaired) electrons. The molecule has 1 N–H and O–H groups in total. The van der Waals surface area contributed by atoms with Gasteiger partial charge in [-0.2, -0.15) is 0 Å². The number of ether oxygens (including phenoxy) is 2. The van der Waals surface area contributed by atoms with Crippen molar-refractivity contribution in [3.05, 3.63) is 77.8 Å². The van der Waals surface area contributed by atoms with Crippen LogP contribution in [0.15, 0.2) is 66.6 Å². The number of esters is 2. The standard InChI is InChI=1S/C24H20Cl3N3O6S/c1-13-11-16(23(34)35-12-24(25,26)27)30-20(32)17(21(30)37-13)29-19(31)18(14-5-3-2-4-6-14)36-22(33)15-7-9-28-10-8-15/h2-11,13,17-18,21H,12H2,1H3,(H,29,31)/t13?,17?,18?,21-/m0/s1. The monoisotopic (exact) mass is 583 g/mol. The number of β-lactam (4-membered cyclic amide) rings is 1. The van der Waals surface area contributed by atoms with Crippen molar-refractivity contribution in [3.8, 4) is 0 Å². The van der Waals surface area contributed by atoms with E-state index in [1.165, 1.54) is 41.2 Å². The molecule has 0 aliphatic carbocycles. The number of carbonyl (C=O) groups is 4. The van der Waals surface area contributed by atoms with Crippen molar-refractivity contribution in [2.75, 3.05) is 6.61 Å². The molecule has 1 aromatic carbocycles. The molecule has 0 saturated carbocycles. The number of carbonyl (C=O) groups excluding carboxylic acids is 4. The maximum absolute atomic E-state index is 13.3. The second-order valence-corrected chi connectivity index (χ2v) is 12.1. The van der Waals surface area contributed by atoms with Gasteiger partial charge in [0.15, 0.2) is 0 Å². The fourth-order valence-electron chi connectivity index (χ4n) is 3.73. The number of hydrogen-bond donors (Lipinski definition) is 1. The summed E-state index contributed by atoms with van der Waals surface area (Å²) in [6.07, 6.45) is 3.11. The molecule has 1 saturated heterocycles. The molecule has 2 aliphatic rings. The summed E-state index contributed by atoms with van der Waals surface area (Å²) in [6, 6.07) is 10.4. The summed E-state index contributed by atoms with van der Waals surface area (Å²) < 4.78 is 8.77. The highest BCUT2D eigenvalue weighted by atomic mass is 35.6. The summed E-state index contributed by atoms with van der Waals surface area (Å²) >= 11 is 18.3. The predicted molar refractivity (Wildman–Crippen MR) is 138 cm³/mol. The third kappa shape index (κ3) is 6.38. The van der Waals surface area contributed by atoms with Crippen LogP contribution < -0.4 is 5.32 Å². The first kappa shape index (κ1) is 27.3. The molecule has 2 aromatic rings. The summed E-state index contributed by atoms with van der Waals surface area (Å²) in [5.41, 5.74) is 0.644. The van der Waals surface area contributed by atoms with E-state index >= 15 is 0 Å². The van der Waals surface area contributed by atoms with E-state index in [-0.39, 0.29) is 16.5 Å². The van der Waals surface area contributed by atoms with Gasteiger partial charge in [0.1, 0.15) is 23.7 Å². The van der Waals surface area contributed by atoms with Crippen LogP contribution in [-0.2, 0) is 23.9 Å². The molecule has 9 nitrogen and oxygen atoms in total. The minimum atomic E-state index is -1.81. The number of hydrogen-bond acceptors (Lipinski definition) is 8. The lowest BCUT2D eigenvalue weighted by Gasteiger charge is -2.49. The van der Waals surface area contributed by atoms with E-state index in [0.29, 0.717) is 5.56 Å². The minimum absolute atomic E-state index is 0.00437. The van der Waals surface area contributed by atoms with Crippen molar-refractivity contribution >= 4 is 70.3 Å². The van der Waals surface area contributed by atoms with Crippen LogP contribution in [0.3, 0.4) is 0 Å². The van der Waals surface area contributed by atoms with Gasteiger partial charge in [-0.15, -0.1) is 11.8 Å².